The number of nitrogens with zero attached hydrogens (tertiary/aromatic N) is 3. The summed E-state index contributed by atoms with van der Waals surface area (Å²) >= 11 is 0. The molecule has 1 aliphatic heterocycles. The minimum absolute atomic E-state index is 0.0398. The van der Waals surface area contributed by atoms with Crippen molar-refractivity contribution in [1.82, 2.24) is 14.8 Å². The average Bonchev–Trinajstić information content (AvgIpc) is 3.02. The Morgan fingerprint density at radius 2 is 1.71 bits per heavy atom. The van der Waals surface area contributed by atoms with Gasteiger partial charge < -0.3 is 14.6 Å². The van der Waals surface area contributed by atoms with Crippen molar-refractivity contribution in [3.05, 3.63) is 59.0 Å². The molecular weight excluding hydrogens is 352 g/mol. The molecule has 28 heavy (non-hydrogen) atoms. The number of nitrogens with one attached hydrogen (secondary N) is 1. The molecule has 146 valence electrons. The third-order valence-corrected chi connectivity index (χ3v) is 5.08. The Morgan fingerprint density at radius 3 is 2.43 bits per heavy atom. The SMILES string of the molecule is Cc1cc(C)cc(NC(=O)N2CCN(Cc3nc4cc(C)ccc4o3)CC2)c1. The number of hydrogen-bond donors (Lipinski definition) is 1. The van der Waals surface area contributed by atoms with E-state index in [0.717, 1.165) is 46.9 Å². The molecule has 3 aromatic rings. The van der Waals surface area contributed by atoms with Crippen molar-refractivity contribution in [1.29, 1.82) is 0 Å². The standard InChI is InChI=1S/C22H26N4O2/c1-15-4-5-20-19(13-15)24-21(28-20)14-25-6-8-26(9-7-25)22(27)23-18-11-16(2)10-17(3)12-18/h4-5,10-13H,6-9,14H2,1-3H3,(H,23,27). The summed E-state index contributed by atoms with van der Waals surface area (Å²) in [6.45, 7) is 9.78. The normalized spacial score (nSPS) is 15.2. The fourth-order valence-corrected chi connectivity index (χ4v) is 3.70. The first-order valence-electron chi connectivity index (χ1n) is 9.69. The quantitative estimate of drug-likeness (QED) is 0.745. The van der Waals surface area contributed by atoms with Crippen molar-refractivity contribution in [2.75, 3.05) is 31.5 Å². The lowest BCUT2D eigenvalue weighted by atomic mass is 10.1. The zero-order valence-corrected chi connectivity index (χ0v) is 16.7. The van der Waals surface area contributed by atoms with Crippen LogP contribution >= 0.6 is 0 Å². The first kappa shape index (κ1) is 18.5. The van der Waals surface area contributed by atoms with E-state index < -0.39 is 0 Å². The zero-order valence-electron chi connectivity index (χ0n) is 16.7. The van der Waals surface area contributed by atoms with Crippen LogP contribution in [0.3, 0.4) is 0 Å². The van der Waals surface area contributed by atoms with Gasteiger partial charge in [-0.25, -0.2) is 9.78 Å². The number of rotatable bonds is 3. The summed E-state index contributed by atoms with van der Waals surface area (Å²) in [7, 11) is 0. The van der Waals surface area contributed by atoms with E-state index >= 15 is 0 Å². The van der Waals surface area contributed by atoms with E-state index in [2.05, 4.69) is 28.2 Å². The monoisotopic (exact) mass is 378 g/mol. The van der Waals surface area contributed by atoms with Gasteiger partial charge in [-0.05, 0) is 61.7 Å². The fraction of sp³-hybridized carbons (Fsp3) is 0.364. The Balaban J connectivity index is 1.32. The molecule has 2 aromatic carbocycles. The van der Waals surface area contributed by atoms with Crippen LogP contribution in [0.5, 0.6) is 0 Å². The summed E-state index contributed by atoms with van der Waals surface area (Å²) in [6.07, 6.45) is 0. The zero-order chi connectivity index (χ0) is 19.7. The van der Waals surface area contributed by atoms with Crippen molar-refractivity contribution < 1.29 is 9.21 Å². The number of carbonyl (C=O) groups excluding carboxylic acids is 1. The highest BCUT2D eigenvalue weighted by Gasteiger charge is 2.22. The number of benzene rings is 2. The summed E-state index contributed by atoms with van der Waals surface area (Å²) in [5, 5.41) is 3.02. The third kappa shape index (κ3) is 4.17. The third-order valence-electron chi connectivity index (χ3n) is 5.08. The fourth-order valence-electron chi connectivity index (χ4n) is 3.70. The van der Waals surface area contributed by atoms with Gasteiger partial charge in [-0.15, -0.1) is 0 Å². The van der Waals surface area contributed by atoms with Gasteiger partial charge in [0.2, 0.25) is 5.89 Å². The highest BCUT2D eigenvalue weighted by Crippen LogP contribution is 2.19. The second-order valence-corrected chi connectivity index (χ2v) is 7.65. The maximum Gasteiger partial charge on any atom is 0.321 e. The first-order chi connectivity index (χ1) is 13.5. The van der Waals surface area contributed by atoms with Crippen molar-refractivity contribution in [3.8, 4) is 0 Å². The number of amides is 2. The van der Waals surface area contributed by atoms with E-state index in [1.165, 1.54) is 5.56 Å². The van der Waals surface area contributed by atoms with Crippen LogP contribution in [0.4, 0.5) is 10.5 Å². The molecule has 6 heteroatoms. The van der Waals surface area contributed by atoms with E-state index in [-0.39, 0.29) is 6.03 Å². The number of aryl methyl sites for hydroxylation is 3. The van der Waals surface area contributed by atoms with Crippen LogP contribution in [0.25, 0.3) is 11.1 Å². The van der Waals surface area contributed by atoms with Crippen molar-refractivity contribution in [2.45, 2.75) is 27.3 Å². The lowest BCUT2D eigenvalue weighted by Crippen LogP contribution is -2.49. The average molecular weight is 378 g/mol. The summed E-state index contributed by atoms with van der Waals surface area (Å²) in [4.78, 5) is 21.3. The summed E-state index contributed by atoms with van der Waals surface area (Å²) < 4.78 is 5.86. The molecule has 0 atom stereocenters. The molecule has 1 N–H and O–H groups in total. The van der Waals surface area contributed by atoms with Crippen molar-refractivity contribution in [3.63, 3.8) is 0 Å². The predicted molar refractivity (Wildman–Crippen MR) is 111 cm³/mol. The van der Waals surface area contributed by atoms with E-state index in [1.54, 1.807) is 0 Å². The smallest absolute Gasteiger partial charge is 0.321 e. The molecule has 4 rings (SSSR count). The number of piperazine rings is 1. The number of aromatic nitrogens is 1. The number of hydrogen-bond acceptors (Lipinski definition) is 4. The highest BCUT2D eigenvalue weighted by molar-refractivity contribution is 5.89. The largest absolute Gasteiger partial charge is 0.439 e. The molecule has 0 unspecified atom stereocenters. The van der Waals surface area contributed by atoms with Crippen LogP contribution in [0.15, 0.2) is 40.8 Å². The van der Waals surface area contributed by atoms with Gasteiger partial charge in [0.05, 0.1) is 6.54 Å². The van der Waals surface area contributed by atoms with Gasteiger partial charge >= 0.3 is 6.03 Å². The molecule has 6 nitrogen and oxygen atoms in total. The Labute approximate surface area is 165 Å². The summed E-state index contributed by atoms with van der Waals surface area (Å²) in [6, 6.07) is 12.1. The van der Waals surface area contributed by atoms with Crippen LogP contribution in [0.1, 0.15) is 22.6 Å². The Hall–Kier alpha value is -2.86. The van der Waals surface area contributed by atoms with Gasteiger partial charge in [-0.2, -0.15) is 0 Å². The lowest BCUT2D eigenvalue weighted by Gasteiger charge is -2.34. The Morgan fingerprint density at radius 1 is 1.00 bits per heavy atom. The number of anilines is 1. The molecule has 1 aromatic heterocycles. The topological polar surface area (TPSA) is 61.6 Å². The van der Waals surface area contributed by atoms with Gasteiger partial charge in [-0.3, -0.25) is 4.90 Å². The van der Waals surface area contributed by atoms with E-state index in [1.807, 2.05) is 49.1 Å². The minimum atomic E-state index is -0.0398. The van der Waals surface area contributed by atoms with Crippen LogP contribution < -0.4 is 5.32 Å². The molecular formula is C22H26N4O2. The van der Waals surface area contributed by atoms with Crippen molar-refractivity contribution >= 4 is 22.8 Å². The van der Waals surface area contributed by atoms with Gasteiger partial charge in [-0.1, -0.05) is 12.1 Å². The Bertz CT molecular complexity index is 983. The second kappa shape index (κ2) is 7.64. The number of fused-ring (bicyclic) bond motifs is 1. The predicted octanol–water partition coefficient (Wildman–Crippen LogP) is 4.10. The molecule has 0 bridgehead atoms. The molecule has 1 fully saturated rings. The van der Waals surface area contributed by atoms with E-state index in [9.17, 15) is 4.79 Å². The maximum atomic E-state index is 12.6. The summed E-state index contributed by atoms with van der Waals surface area (Å²) in [5.41, 5.74) is 6.05. The molecule has 2 heterocycles. The molecule has 0 aliphatic carbocycles. The van der Waals surface area contributed by atoms with E-state index in [4.69, 9.17) is 4.42 Å². The molecule has 2 amide bonds. The number of oxazole rings is 1. The van der Waals surface area contributed by atoms with Crippen LogP contribution in [-0.2, 0) is 6.54 Å². The van der Waals surface area contributed by atoms with Crippen LogP contribution in [-0.4, -0.2) is 47.0 Å². The minimum Gasteiger partial charge on any atom is -0.439 e. The molecule has 0 radical (unpaired) electrons. The van der Waals surface area contributed by atoms with Crippen molar-refractivity contribution in [2.24, 2.45) is 0 Å². The summed E-state index contributed by atoms with van der Waals surface area (Å²) in [5.74, 6) is 0.730. The first-order valence-corrected chi connectivity index (χ1v) is 9.69. The van der Waals surface area contributed by atoms with Gasteiger partial charge in [0.15, 0.2) is 5.58 Å². The second-order valence-electron chi connectivity index (χ2n) is 7.65. The van der Waals surface area contributed by atoms with E-state index in [0.29, 0.717) is 19.6 Å². The van der Waals surface area contributed by atoms with Gasteiger partial charge in [0.1, 0.15) is 5.52 Å². The maximum absolute atomic E-state index is 12.6. The molecule has 0 saturated carbocycles. The molecule has 0 spiro atoms. The molecule has 1 saturated heterocycles. The lowest BCUT2D eigenvalue weighted by molar-refractivity contribution is 0.136. The molecule has 1 aliphatic rings. The number of carbonyl (C=O) groups is 1. The number of urea groups is 1. The Kier molecular flexibility index (Phi) is 5.05. The van der Waals surface area contributed by atoms with Crippen LogP contribution in [0.2, 0.25) is 0 Å². The van der Waals surface area contributed by atoms with Gasteiger partial charge in [0.25, 0.3) is 0 Å². The van der Waals surface area contributed by atoms with Crippen LogP contribution in [0, 0.1) is 20.8 Å². The van der Waals surface area contributed by atoms with Gasteiger partial charge in [0, 0.05) is 31.9 Å². The highest BCUT2D eigenvalue weighted by atomic mass is 16.3.